The van der Waals surface area contributed by atoms with Crippen molar-refractivity contribution in [3.8, 4) is 11.1 Å². The number of amides is 1. The number of fused-ring (bicyclic) bond motifs is 3. The zero-order valence-corrected chi connectivity index (χ0v) is 17.8. The summed E-state index contributed by atoms with van der Waals surface area (Å²) in [6.07, 6.45) is -1.38. The van der Waals surface area contributed by atoms with E-state index in [1.165, 1.54) is 0 Å². The minimum absolute atomic E-state index is 0.0516. The molecule has 2 N–H and O–H groups in total. The van der Waals surface area contributed by atoms with Crippen molar-refractivity contribution in [1.82, 2.24) is 5.32 Å². The maximum atomic E-state index is 12.5. The van der Waals surface area contributed by atoms with Gasteiger partial charge in [0.1, 0.15) is 6.61 Å². The Balaban J connectivity index is 1.68. The Morgan fingerprint density at radius 2 is 1.57 bits per heavy atom. The van der Waals surface area contributed by atoms with Gasteiger partial charge in [-0.3, -0.25) is 4.79 Å². The first kappa shape index (κ1) is 21.8. The summed E-state index contributed by atoms with van der Waals surface area (Å²) in [6, 6.07) is 15.5. The molecule has 0 bridgehead atoms. The summed E-state index contributed by atoms with van der Waals surface area (Å²) in [5.74, 6) is -1.06. The maximum absolute atomic E-state index is 12.5. The highest BCUT2D eigenvalue weighted by Crippen LogP contribution is 2.44. The fraction of sp³-hybridized carbons (Fsp3) is 0.417. The molecule has 1 amide bonds. The van der Waals surface area contributed by atoms with Crippen LogP contribution in [0.15, 0.2) is 48.5 Å². The SMILES string of the molecule is C[C@@H](OC(C)(C)C)[C@@H](CC(=O)O)NC(=O)OCC1c2ccccc2-c2ccccc21. The third-order valence-corrected chi connectivity index (χ3v) is 5.15. The normalized spacial score (nSPS) is 15.1. The second-order valence-electron chi connectivity index (χ2n) is 8.61. The van der Waals surface area contributed by atoms with E-state index >= 15 is 0 Å². The van der Waals surface area contributed by atoms with Crippen molar-refractivity contribution in [3.05, 3.63) is 59.7 Å². The molecule has 2 atom stereocenters. The molecular formula is C24H29NO5. The van der Waals surface area contributed by atoms with Gasteiger partial charge in [-0.1, -0.05) is 48.5 Å². The fourth-order valence-electron chi connectivity index (χ4n) is 3.95. The number of rotatable bonds is 7. The summed E-state index contributed by atoms with van der Waals surface area (Å²) >= 11 is 0. The first-order valence-corrected chi connectivity index (χ1v) is 10.2. The summed E-state index contributed by atoms with van der Waals surface area (Å²) < 4.78 is 11.4. The second-order valence-corrected chi connectivity index (χ2v) is 8.61. The highest BCUT2D eigenvalue weighted by atomic mass is 16.6. The van der Waals surface area contributed by atoms with Crippen LogP contribution in [0.3, 0.4) is 0 Å². The Labute approximate surface area is 177 Å². The van der Waals surface area contributed by atoms with Crippen LogP contribution in [0.25, 0.3) is 11.1 Å². The number of hydrogen-bond donors (Lipinski definition) is 2. The molecule has 0 saturated carbocycles. The smallest absolute Gasteiger partial charge is 0.407 e. The molecule has 160 valence electrons. The van der Waals surface area contributed by atoms with E-state index in [1.54, 1.807) is 6.92 Å². The molecule has 6 nitrogen and oxygen atoms in total. The lowest BCUT2D eigenvalue weighted by Crippen LogP contribution is -2.47. The van der Waals surface area contributed by atoms with Gasteiger partial charge in [0.2, 0.25) is 0 Å². The van der Waals surface area contributed by atoms with E-state index in [0.717, 1.165) is 22.3 Å². The summed E-state index contributed by atoms with van der Waals surface area (Å²) in [7, 11) is 0. The van der Waals surface area contributed by atoms with Gasteiger partial charge in [-0.25, -0.2) is 4.79 Å². The third kappa shape index (κ3) is 5.19. The topological polar surface area (TPSA) is 84.9 Å². The molecule has 1 aliphatic rings. The lowest BCUT2D eigenvalue weighted by Gasteiger charge is -2.30. The molecule has 2 aromatic carbocycles. The van der Waals surface area contributed by atoms with Crippen molar-refractivity contribution in [1.29, 1.82) is 0 Å². The first-order chi connectivity index (χ1) is 14.2. The number of carbonyl (C=O) groups excluding carboxylic acids is 1. The monoisotopic (exact) mass is 411 g/mol. The van der Waals surface area contributed by atoms with Crippen LogP contribution >= 0.6 is 0 Å². The molecule has 0 unspecified atom stereocenters. The van der Waals surface area contributed by atoms with E-state index < -0.39 is 29.8 Å². The lowest BCUT2D eigenvalue weighted by molar-refractivity contribution is -0.139. The summed E-state index contributed by atoms with van der Waals surface area (Å²) in [6.45, 7) is 7.58. The van der Waals surface area contributed by atoms with Gasteiger partial charge in [0.05, 0.1) is 24.2 Å². The molecule has 0 radical (unpaired) electrons. The fourth-order valence-corrected chi connectivity index (χ4v) is 3.95. The standard InChI is InChI=1S/C24H29NO5/c1-15(30-24(2,3)4)21(13-22(26)27)25-23(28)29-14-20-18-11-7-5-9-16(18)17-10-6-8-12-19(17)20/h5-12,15,20-21H,13-14H2,1-4H3,(H,25,28)(H,26,27)/t15-,21-/m1/s1. The van der Waals surface area contributed by atoms with Crippen LogP contribution in [0.5, 0.6) is 0 Å². The molecule has 0 spiro atoms. The maximum Gasteiger partial charge on any atom is 0.407 e. The van der Waals surface area contributed by atoms with Crippen molar-refractivity contribution >= 4 is 12.1 Å². The molecule has 0 heterocycles. The first-order valence-electron chi connectivity index (χ1n) is 10.2. The molecule has 6 heteroatoms. The predicted octanol–water partition coefficient (Wildman–Crippen LogP) is 4.57. The van der Waals surface area contributed by atoms with E-state index in [9.17, 15) is 14.7 Å². The number of alkyl carbamates (subject to hydrolysis) is 1. The van der Waals surface area contributed by atoms with Gasteiger partial charge >= 0.3 is 12.1 Å². The Morgan fingerprint density at radius 3 is 2.07 bits per heavy atom. The molecule has 0 fully saturated rings. The van der Waals surface area contributed by atoms with Gasteiger partial charge in [0.25, 0.3) is 0 Å². The number of carboxylic acid groups (broad SMARTS) is 1. The average Bonchev–Trinajstić information content (AvgIpc) is 2.98. The largest absolute Gasteiger partial charge is 0.481 e. The quantitative estimate of drug-likeness (QED) is 0.697. The van der Waals surface area contributed by atoms with E-state index in [-0.39, 0.29) is 18.9 Å². The minimum Gasteiger partial charge on any atom is -0.481 e. The summed E-state index contributed by atoms with van der Waals surface area (Å²) in [4.78, 5) is 23.8. The Bertz CT molecular complexity index is 872. The Kier molecular flexibility index (Phi) is 6.46. The Morgan fingerprint density at radius 1 is 1.03 bits per heavy atom. The number of carboxylic acids is 1. The number of carbonyl (C=O) groups is 2. The molecular weight excluding hydrogens is 382 g/mol. The van der Waals surface area contributed by atoms with Crippen LogP contribution in [0.4, 0.5) is 4.79 Å². The number of ether oxygens (including phenoxy) is 2. The number of nitrogens with one attached hydrogen (secondary N) is 1. The third-order valence-electron chi connectivity index (χ3n) is 5.15. The van der Waals surface area contributed by atoms with Crippen LogP contribution in [0.2, 0.25) is 0 Å². The van der Waals surface area contributed by atoms with Gasteiger partial charge in [-0.2, -0.15) is 0 Å². The van der Waals surface area contributed by atoms with Gasteiger partial charge in [-0.15, -0.1) is 0 Å². The number of aliphatic carboxylic acids is 1. The summed E-state index contributed by atoms with van der Waals surface area (Å²) in [5.41, 5.74) is 4.09. The zero-order valence-electron chi connectivity index (χ0n) is 17.8. The van der Waals surface area contributed by atoms with E-state index in [4.69, 9.17) is 9.47 Å². The van der Waals surface area contributed by atoms with Crippen molar-refractivity contribution in [2.45, 2.75) is 57.8 Å². The van der Waals surface area contributed by atoms with Crippen molar-refractivity contribution < 1.29 is 24.2 Å². The second kappa shape index (κ2) is 8.88. The van der Waals surface area contributed by atoms with Gasteiger partial charge in [0, 0.05) is 5.92 Å². The zero-order chi connectivity index (χ0) is 21.9. The van der Waals surface area contributed by atoms with Crippen LogP contribution in [-0.2, 0) is 14.3 Å². The average molecular weight is 411 g/mol. The van der Waals surface area contributed by atoms with Gasteiger partial charge in [0.15, 0.2) is 0 Å². The number of hydrogen-bond acceptors (Lipinski definition) is 4. The van der Waals surface area contributed by atoms with E-state index in [2.05, 4.69) is 17.4 Å². The van der Waals surface area contributed by atoms with Crippen molar-refractivity contribution in [3.63, 3.8) is 0 Å². The molecule has 1 aliphatic carbocycles. The van der Waals surface area contributed by atoms with Crippen LogP contribution < -0.4 is 5.32 Å². The molecule has 0 aromatic heterocycles. The van der Waals surface area contributed by atoms with E-state index in [1.807, 2.05) is 57.2 Å². The van der Waals surface area contributed by atoms with Crippen LogP contribution in [0, 0.1) is 0 Å². The molecule has 3 rings (SSSR count). The van der Waals surface area contributed by atoms with Crippen LogP contribution in [-0.4, -0.2) is 41.5 Å². The molecule has 2 aromatic rings. The predicted molar refractivity (Wildman–Crippen MR) is 115 cm³/mol. The van der Waals surface area contributed by atoms with Crippen molar-refractivity contribution in [2.75, 3.05) is 6.61 Å². The van der Waals surface area contributed by atoms with Gasteiger partial charge in [-0.05, 0) is 49.9 Å². The molecule has 0 aliphatic heterocycles. The van der Waals surface area contributed by atoms with Crippen molar-refractivity contribution in [2.24, 2.45) is 0 Å². The number of benzene rings is 2. The highest BCUT2D eigenvalue weighted by Gasteiger charge is 2.31. The van der Waals surface area contributed by atoms with Gasteiger partial charge < -0.3 is 19.9 Å². The minimum atomic E-state index is -1.01. The summed E-state index contributed by atoms with van der Waals surface area (Å²) in [5, 5.41) is 11.9. The lowest BCUT2D eigenvalue weighted by atomic mass is 9.98. The highest BCUT2D eigenvalue weighted by molar-refractivity contribution is 5.79. The molecule has 30 heavy (non-hydrogen) atoms. The van der Waals surface area contributed by atoms with Crippen LogP contribution in [0.1, 0.15) is 51.2 Å². The molecule has 0 saturated heterocycles. The Hall–Kier alpha value is -2.86. The van der Waals surface area contributed by atoms with E-state index in [0.29, 0.717) is 0 Å².